The van der Waals surface area contributed by atoms with E-state index < -0.39 is 10.0 Å². The molecule has 0 saturated heterocycles. The molecule has 21 heavy (non-hydrogen) atoms. The van der Waals surface area contributed by atoms with Crippen molar-refractivity contribution in [3.05, 3.63) is 41.2 Å². The zero-order chi connectivity index (χ0) is 15.6. The van der Waals surface area contributed by atoms with Crippen LogP contribution >= 0.6 is 11.6 Å². The topological polar surface area (TPSA) is 86.3 Å². The summed E-state index contributed by atoms with van der Waals surface area (Å²) in [6.07, 6.45) is 1.51. The molecule has 1 aromatic carbocycles. The molecular weight excluding hydrogens is 314 g/mol. The van der Waals surface area contributed by atoms with Crippen LogP contribution in [0.4, 0.5) is 5.69 Å². The lowest BCUT2D eigenvalue weighted by Gasteiger charge is -2.09. The Kier molecular flexibility index (Phi) is 4.46. The third-order valence-corrected chi connectivity index (χ3v) is 4.67. The number of ether oxygens (including phenoxy) is 1. The predicted octanol–water partition coefficient (Wildman–Crippen LogP) is 1.95. The zero-order valence-corrected chi connectivity index (χ0v) is 13.2. The fourth-order valence-electron chi connectivity index (χ4n) is 1.86. The van der Waals surface area contributed by atoms with Gasteiger partial charge in [-0.1, -0.05) is 11.6 Å². The molecule has 0 unspecified atom stereocenters. The Bertz CT molecular complexity index is 756. The van der Waals surface area contributed by atoms with E-state index in [1.165, 1.54) is 25.4 Å². The van der Waals surface area contributed by atoms with Gasteiger partial charge >= 0.3 is 0 Å². The van der Waals surface area contributed by atoms with Crippen LogP contribution in [0, 0.1) is 0 Å². The number of hydrogen-bond donors (Lipinski definition) is 2. The van der Waals surface area contributed by atoms with E-state index in [0.717, 1.165) is 5.69 Å². The quantitative estimate of drug-likeness (QED) is 0.877. The number of sulfonamides is 1. The summed E-state index contributed by atoms with van der Waals surface area (Å²) in [7, 11) is -0.483. The molecule has 8 heteroatoms. The van der Waals surface area contributed by atoms with E-state index in [4.69, 9.17) is 22.1 Å². The Morgan fingerprint density at radius 3 is 2.67 bits per heavy atom. The number of aryl methyl sites for hydroxylation is 1. The summed E-state index contributed by atoms with van der Waals surface area (Å²) >= 11 is 5.91. The van der Waals surface area contributed by atoms with Crippen molar-refractivity contribution in [1.29, 1.82) is 0 Å². The molecule has 0 radical (unpaired) electrons. The van der Waals surface area contributed by atoms with E-state index in [2.05, 4.69) is 4.72 Å². The summed E-state index contributed by atoms with van der Waals surface area (Å²) < 4.78 is 33.9. The number of anilines is 1. The molecule has 114 valence electrons. The SMILES string of the molecule is COc1cc(NS(=O)(=O)c2cc(CN)n(C)c2)ccc1Cl. The van der Waals surface area contributed by atoms with Gasteiger partial charge in [0.1, 0.15) is 10.6 Å². The summed E-state index contributed by atoms with van der Waals surface area (Å²) in [6.45, 7) is 0.265. The molecule has 2 rings (SSSR count). The number of methoxy groups -OCH3 is 1. The Balaban J connectivity index is 2.32. The van der Waals surface area contributed by atoms with E-state index in [1.54, 1.807) is 23.7 Å². The fraction of sp³-hybridized carbons (Fsp3) is 0.231. The lowest BCUT2D eigenvalue weighted by atomic mass is 10.3. The van der Waals surface area contributed by atoms with Gasteiger partial charge in [-0.2, -0.15) is 0 Å². The molecule has 0 aliphatic heterocycles. The minimum atomic E-state index is -3.69. The maximum Gasteiger partial charge on any atom is 0.263 e. The Morgan fingerprint density at radius 1 is 1.38 bits per heavy atom. The standard InChI is InChI=1S/C13H16ClN3O3S/c1-17-8-11(6-10(17)7-15)21(18,19)16-9-3-4-12(14)13(5-9)20-2/h3-6,8,16H,7,15H2,1-2H3. The van der Waals surface area contributed by atoms with Gasteiger partial charge in [-0.15, -0.1) is 0 Å². The number of aromatic nitrogens is 1. The minimum absolute atomic E-state index is 0.152. The number of nitrogens with zero attached hydrogens (tertiary/aromatic N) is 1. The molecular formula is C13H16ClN3O3S. The van der Waals surface area contributed by atoms with Gasteiger partial charge in [0.2, 0.25) is 0 Å². The van der Waals surface area contributed by atoms with Crippen molar-refractivity contribution in [2.45, 2.75) is 11.4 Å². The van der Waals surface area contributed by atoms with Gasteiger partial charge in [-0.3, -0.25) is 4.72 Å². The highest BCUT2D eigenvalue weighted by Gasteiger charge is 2.18. The second kappa shape index (κ2) is 5.97. The van der Waals surface area contributed by atoms with Crippen molar-refractivity contribution in [1.82, 2.24) is 4.57 Å². The van der Waals surface area contributed by atoms with E-state index in [0.29, 0.717) is 16.5 Å². The van der Waals surface area contributed by atoms with Gasteiger partial charge in [0.05, 0.1) is 17.8 Å². The number of nitrogens with one attached hydrogen (secondary N) is 1. The number of nitrogens with two attached hydrogens (primary N) is 1. The summed E-state index contributed by atoms with van der Waals surface area (Å²) in [5.74, 6) is 0.396. The molecule has 0 spiro atoms. The first-order valence-electron chi connectivity index (χ1n) is 6.09. The van der Waals surface area contributed by atoms with E-state index in [-0.39, 0.29) is 11.4 Å². The average molecular weight is 330 g/mol. The molecule has 1 aromatic heterocycles. The number of benzene rings is 1. The van der Waals surface area contributed by atoms with Gasteiger partial charge in [0.15, 0.2) is 0 Å². The summed E-state index contributed by atoms with van der Waals surface area (Å²) in [5.41, 5.74) is 6.64. The molecule has 0 bridgehead atoms. The van der Waals surface area contributed by atoms with Crippen LogP contribution in [0.3, 0.4) is 0 Å². The van der Waals surface area contributed by atoms with E-state index in [9.17, 15) is 8.42 Å². The summed E-state index contributed by atoms with van der Waals surface area (Å²) in [6, 6.07) is 6.19. The molecule has 0 amide bonds. The van der Waals surface area contributed by atoms with Gasteiger partial charge in [-0.05, 0) is 18.2 Å². The van der Waals surface area contributed by atoms with Crippen LogP contribution in [0.25, 0.3) is 0 Å². The maximum atomic E-state index is 12.3. The predicted molar refractivity (Wildman–Crippen MR) is 82.1 cm³/mol. The van der Waals surface area contributed by atoms with Gasteiger partial charge in [-0.25, -0.2) is 8.42 Å². The Hall–Kier alpha value is -1.70. The van der Waals surface area contributed by atoms with Crippen molar-refractivity contribution >= 4 is 27.3 Å². The number of hydrogen-bond acceptors (Lipinski definition) is 4. The molecule has 2 aromatic rings. The van der Waals surface area contributed by atoms with Crippen molar-refractivity contribution in [3.63, 3.8) is 0 Å². The van der Waals surface area contributed by atoms with Crippen LogP contribution in [0.1, 0.15) is 5.69 Å². The lowest BCUT2D eigenvalue weighted by Crippen LogP contribution is -2.12. The van der Waals surface area contributed by atoms with Crippen LogP contribution in [0.2, 0.25) is 5.02 Å². The Labute approximate surface area is 128 Å². The van der Waals surface area contributed by atoms with Gasteiger partial charge in [0.25, 0.3) is 10.0 Å². The smallest absolute Gasteiger partial charge is 0.263 e. The van der Waals surface area contributed by atoms with Crippen molar-refractivity contribution < 1.29 is 13.2 Å². The number of rotatable bonds is 5. The second-order valence-electron chi connectivity index (χ2n) is 4.44. The molecule has 0 aliphatic rings. The Morgan fingerprint density at radius 2 is 2.10 bits per heavy atom. The molecule has 1 heterocycles. The third kappa shape index (κ3) is 3.31. The lowest BCUT2D eigenvalue weighted by molar-refractivity contribution is 0.415. The molecule has 6 nitrogen and oxygen atoms in total. The van der Waals surface area contributed by atoms with Crippen LogP contribution in [-0.2, 0) is 23.6 Å². The highest BCUT2D eigenvalue weighted by molar-refractivity contribution is 7.92. The normalized spacial score (nSPS) is 11.4. The molecule has 3 N–H and O–H groups in total. The molecule has 0 saturated carbocycles. The average Bonchev–Trinajstić information content (AvgIpc) is 2.82. The van der Waals surface area contributed by atoms with E-state index in [1.807, 2.05) is 0 Å². The zero-order valence-electron chi connectivity index (χ0n) is 11.6. The van der Waals surface area contributed by atoms with Crippen LogP contribution < -0.4 is 15.2 Å². The first-order valence-corrected chi connectivity index (χ1v) is 7.95. The van der Waals surface area contributed by atoms with Crippen LogP contribution in [0.15, 0.2) is 35.4 Å². The second-order valence-corrected chi connectivity index (χ2v) is 6.53. The fourth-order valence-corrected chi connectivity index (χ4v) is 3.20. The highest BCUT2D eigenvalue weighted by Crippen LogP contribution is 2.28. The van der Waals surface area contributed by atoms with Crippen molar-refractivity contribution in [2.24, 2.45) is 12.8 Å². The summed E-state index contributed by atoms with van der Waals surface area (Å²) in [5, 5.41) is 0.408. The monoisotopic (exact) mass is 329 g/mol. The van der Waals surface area contributed by atoms with Crippen LogP contribution in [-0.4, -0.2) is 20.1 Å². The van der Waals surface area contributed by atoms with E-state index >= 15 is 0 Å². The summed E-state index contributed by atoms with van der Waals surface area (Å²) in [4.78, 5) is 0.152. The molecule has 0 atom stereocenters. The largest absolute Gasteiger partial charge is 0.495 e. The highest BCUT2D eigenvalue weighted by atomic mass is 35.5. The first kappa shape index (κ1) is 15.7. The van der Waals surface area contributed by atoms with Crippen molar-refractivity contribution in [3.8, 4) is 5.75 Å². The maximum absolute atomic E-state index is 12.3. The molecule has 0 fully saturated rings. The number of halogens is 1. The van der Waals surface area contributed by atoms with Crippen molar-refractivity contribution in [2.75, 3.05) is 11.8 Å². The minimum Gasteiger partial charge on any atom is -0.495 e. The van der Waals surface area contributed by atoms with Gasteiger partial charge in [0, 0.05) is 31.5 Å². The molecule has 0 aliphatic carbocycles. The first-order chi connectivity index (χ1) is 9.87. The third-order valence-electron chi connectivity index (χ3n) is 3.01. The van der Waals surface area contributed by atoms with Crippen LogP contribution in [0.5, 0.6) is 5.75 Å². The van der Waals surface area contributed by atoms with Gasteiger partial charge < -0.3 is 15.0 Å².